The van der Waals surface area contributed by atoms with Gasteiger partial charge in [-0.25, -0.2) is 9.37 Å². The summed E-state index contributed by atoms with van der Waals surface area (Å²) in [7, 11) is 1.69. The number of benzene rings is 2. The summed E-state index contributed by atoms with van der Waals surface area (Å²) in [5.74, 6) is 0.414. The van der Waals surface area contributed by atoms with Crippen LogP contribution in [0.2, 0.25) is 0 Å². The average Bonchev–Trinajstić information content (AvgIpc) is 3.05. The van der Waals surface area contributed by atoms with Crippen LogP contribution in [0.1, 0.15) is 5.56 Å². The van der Waals surface area contributed by atoms with Crippen LogP contribution in [0.25, 0.3) is 10.2 Å². The zero-order valence-corrected chi connectivity index (χ0v) is 14.7. The summed E-state index contributed by atoms with van der Waals surface area (Å²) in [6.45, 7) is 1.77. The van der Waals surface area contributed by atoms with Crippen molar-refractivity contribution < 1.29 is 4.39 Å². The highest BCUT2D eigenvalue weighted by molar-refractivity contribution is 7.22. The number of guanidine groups is 1. The number of nitrogens with one attached hydrogen (secondary N) is 3. The number of anilines is 1. The van der Waals surface area contributed by atoms with E-state index in [9.17, 15) is 4.39 Å². The number of hydrogen-bond acceptors (Lipinski definition) is 4. The molecule has 3 aromatic rings. The van der Waals surface area contributed by atoms with Gasteiger partial charge in [0.25, 0.3) is 0 Å². The molecule has 0 fully saturated rings. The van der Waals surface area contributed by atoms with E-state index >= 15 is 0 Å². The number of thiazole rings is 1. The molecular weight excluding hydrogens is 337 g/mol. The highest BCUT2D eigenvalue weighted by Crippen LogP contribution is 2.24. The van der Waals surface area contributed by atoms with Crippen LogP contribution in [0.5, 0.6) is 0 Å². The van der Waals surface area contributed by atoms with Crippen molar-refractivity contribution in [3.05, 3.63) is 59.9 Å². The second-order valence-corrected chi connectivity index (χ2v) is 6.39. The zero-order valence-electron chi connectivity index (χ0n) is 13.9. The van der Waals surface area contributed by atoms with Gasteiger partial charge < -0.3 is 16.0 Å². The SMILES string of the molecule is CN=C(NCCNc1nc2ccccc2s1)NCc1ccccc1F. The monoisotopic (exact) mass is 357 g/mol. The first-order valence-corrected chi connectivity index (χ1v) is 8.85. The number of aliphatic imine (C=N–C) groups is 1. The van der Waals surface area contributed by atoms with E-state index in [1.807, 2.05) is 24.3 Å². The zero-order chi connectivity index (χ0) is 17.5. The number of nitrogens with zero attached hydrogens (tertiary/aromatic N) is 2. The third kappa shape index (κ3) is 4.67. The lowest BCUT2D eigenvalue weighted by Crippen LogP contribution is -2.39. The average molecular weight is 357 g/mol. The predicted molar refractivity (Wildman–Crippen MR) is 103 cm³/mol. The van der Waals surface area contributed by atoms with Gasteiger partial charge in [-0.05, 0) is 18.2 Å². The number of para-hydroxylation sites is 1. The first kappa shape index (κ1) is 17.2. The molecule has 0 saturated carbocycles. The third-order valence-electron chi connectivity index (χ3n) is 3.62. The molecule has 3 N–H and O–H groups in total. The van der Waals surface area contributed by atoms with Crippen molar-refractivity contribution in [3.8, 4) is 0 Å². The Balaban J connectivity index is 1.43. The van der Waals surface area contributed by atoms with Gasteiger partial charge in [0.2, 0.25) is 0 Å². The molecule has 0 radical (unpaired) electrons. The van der Waals surface area contributed by atoms with Crippen LogP contribution in [0.15, 0.2) is 53.5 Å². The molecule has 0 saturated heterocycles. The minimum Gasteiger partial charge on any atom is -0.360 e. The van der Waals surface area contributed by atoms with Gasteiger partial charge >= 0.3 is 0 Å². The summed E-state index contributed by atoms with van der Waals surface area (Å²) in [4.78, 5) is 8.67. The minimum absolute atomic E-state index is 0.219. The summed E-state index contributed by atoms with van der Waals surface area (Å²) >= 11 is 1.63. The van der Waals surface area contributed by atoms with Gasteiger partial charge in [-0.1, -0.05) is 41.7 Å². The van der Waals surface area contributed by atoms with Crippen LogP contribution in [0.3, 0.4) is 0 Å². The van der Waals surface area contributed by atoms with Gasteiger partial charge in [0, 0.05) is 32.2 Å². The number of fused-ring (bicyclic) bond motifs is 1. The fraction of sp³-hybridized carbons (Fsp3) is 0.222. The van der Waals surface area contributed by atoms with Crippen molar-refractivity contribution in [2.75, 3.05) is 25.5 Å². The topological polar surface area (TPSA) is 61.3 Å². The maximum atomic E-state index is 13.6. The van der Waals surface area contributed by atoms with Crippen molar-refractivity contribution in [1.82, 2.24) is 15.6 Å². The molecule has 25 heavy (non-hydrogen) atoms. The van der Waals surface area contributed by atoms with Gasteiger partial charge in [0.15, 0.2) is 11.1 Å². The van der Waals surface area contributed by atoms with Crippen LogP contribution in [-0.4, -0.2) is 31.1 Å². The molecule has 5 nitrogen and oxygen atoms in total. The highest BCUT2D eigenvalue weighted by atomic mass is 32.1. The largest absolute Gasteiger partial charge is 0.360 e. The van der Waals surface area contributed by atoms with Crippen LogP contribution in [-0.2, 0) is 6.54 Å². The maximum absolute atomic E-state index is 13.6. The Bertz CT molecular complexity index is 828. The smallest absolute Gasteiger partial charge is 0.191 e. The lowest BCUT2D eigenvalue weighted by Gasteiger charge is -2.12. The summed E-state index contributed by atoms with van der Waals surface area (Å²) in [6, 6.07) is 14.8. The molecule has 0 bridgehead atoms. The molecule has 0 spiro atoms. The molecule has 0 atom stereocenters. The van der Waals surface area contributed by atoms with Gasteiger partial charge in [0.1, 0.15) is 5.82 Å². The lowest BCUT2D eigenvalue weighted by molar-refractivity contribution is 0.605. The standard InChI is InChI=1S/C18H20FN5S/c1-20-17(23-12-13-6-2-3-7-14(13)19)21-10-11-22-18-24-15-8-4-5-9-16(15)25-18/h2-9H,10-12H2,1H3,(H,22,24)(H2,20,21,23). The molecule has 0 aliphatic heterocycles. The fourth-order valence-corrected chi connectivity index (χ4v) is 3.23. The second-order valence-electron chi connectivity index (χ2n) is 5.36. The van der Waals surface area contributed by atoms with E-state index in [2.05, 4.69) is 32.0 Å². The summed E-state index contributed by atoms with van der Waals surface area (Å²) in [6.07, 6.45) is 0. The van der Waals surface area contributed by atoms with Gasteiger partial charge in [-0.3, -0.25) is 4.99 Å². The van der Waals surface area contributed by atoms with E-state index in [1.165, 1.54) is 10.8 Å². The number of rotatable bonds is 6. The normalized spacial score (nSPS) is 11.5. The van der Waals surface area contributed by atoms with E-state index in [1.54, 1.807) is 30.5 Å². The molecule has 2 aromatic carbocycles. The fourth-order valence-electron chi connectivity index (χ4n) is 2.34. The van der Waals surface area contributed by atoms with Gasteiger partial charge in [0.05, 0.1) is 10.2 Å². The Kier molecular flexibility index (Phi) is 5.79. The first-order valence-electron chi connectivity index (χ1n) is 8.03. The predicted octanol–water partition coefficient (Wildman–Crippen LogP) is 3.21. The number of aromatic nitrogens is 1. The van der Waals surface area contributed by atoms with E-state index in [-0.39, 0.29) is 5.82 Å². The molecule has 1 heterocycles. The van der Waals surface area contributed by atoms with Crippen molar-refractivity contribution >= 4 is 32.6 Å². The van der Waals surface area contributed by atoms with Crippen molar-refractivity contribution in [2.45, 2.75) is 6.54 Å². The Morgan fingerprint density at radius 1 is 1.08 bits per heavy atom. The first-order chi connectivity index (χ1) is 12.3. The molecule has 130 valence electrons. The Hall–Kier alpha value is -2.67. The quantitative estimate of drug-likeness (QED) is 0.360. The van der Waals surface area contributed by atoms with E-state index < -0.39 is 0 Å². The van der Waals surface area contributed by atoms with Crippen molar-refractivity contribution in [3.63, 3.8) is 0 Å². The number of hydrogen-bond donors (Lipinski definition) is 3. The Labute approximate surface area is 150 Å². The molecule has 7 heteroatoms. The van der Waals surface area contributed by atoms with Gasteiger partial charge in [-0.15, -0.1) is 0 Å². The molecule has 3 rings (SSSR count). The van der Waals surface area contributed by atoms with E-state index in [4.69, 9.17) is 0 Å². The summed E-state index contributed by atoms with van der Waals surface area (Å²) < 4.78 is 14.8. The molecule has 1 aromatic heterocycles. The molecule has 0 unspecified atom stereocenters. The molecular formula is C18H20FN5S. The van der Waals surface area contributed by atoms with Crippen molar-refractivity contribution in [2.24, 2.45) is 4.99 Å². The van der Waals surface area contributed by atoms with Crippen LogP contribution < -0.4 is 16.0 Å². The lowest BCUT2D eigenvalue weighted by atomic mass is 10.2. The van der Waals surface area contributed by atoms with E-state index in [0.717, 1.165) is 10.6 Å². The maximum Gasteiger partial charge on any atom is 0.191 e. The Morgan fingerprint density at radius 2 is 1.88 bits per heavy atom. The second kappa shape index (κ2) is 8.43. The molecule has 0 aliphatic carbocycles. The highest BCUT2D eigenvalue weighted by Gasteiger charge is 2.04. The summed E-state index contributed by atoms with van der Waals surface area (Å²) in [5.41, 5.74) is 1.61. The van der Waals surface area contributed by atoms with Crippen LogP contribution in [0, 0.1) is 5.82 Å². The van der Waals surface area contributed by atoms with Gasteiger partial charge in [-0.2, -0.15) is 0 Å². The number of halogens is 1. The minimum atomic E-state index is -0.219. The molecule has 0 aliphatic rings. The van der Waals surface area contributed by atoms with Crippen LogP contribution >= 0.6 is 11.3 Å². The van der Waals surface area contributed by atoms with Crippen LogP contribution in [0.4, 0.5) is 9.52 Å². The third-order valence-corrected chi connectivity index (χ3v) is 4.61. The van der Waals surface area contributed by atoms with E-state index in [0.29, 0.717) is 31.2 Å². The van der Waals surface area contributed by atoms with Crippen molar-refractivity contribution in [1.29, 1.82) is 0 Å². The summed E-state index contributed by atoms with van der Waals surface area (Å²) in [5, 5.41) is 10.5. The molecule has 0 amide bonds. The Morgan fingerprint density at radius 3 is 2.68 bits per heavy atom.